The van der Waals surface area contributed by atoms with E-state index in [0.29, 0.717) is 32.0 Å². The first kappa shape index (κ1) is 26.7. The molecule has 8 heteroatoms. The second-order valence-corrected chi connectivity index (χ2v) is 8.32. The third kappa shape index (κ3) is 9.06. The molecule has 0 amide bonds. The Kier molecular flexibility index (Phi) is 11.8. The van der Waals surface area contributed by atoms with Gasteiger partial charge in [0, 0.05) is 43.2 Å². The Morgan fingerprint density at radius 3 is 3.00 bits per heavy atom. The highest BCUT2D eigenvalue weighted by Gasteiger charge is 2.21. The van der Waals surface area contributed by atoms with Crippen molar-refractivity contribution in [3.63, 3.8) is 0 Å². The first-order chi connectivity index (χ1) is 16.0. The van der Waals surface area contributed by atoms with Crippen LogP contribution in [0.25, 0.3) is 0 Å². The van der Waals surface area contributed by atoms with E-state index < -0.39 is 0 Å². The van der Waals surface area contributed by atoms with Crippen molar-refractivity contribution in [1.29, 1.82) is 0 Å². The zero-order valence-electron chi connectivity index (χ0n) is 19.9. The van der Waals surface area contributed by atoms with Crippen LogP contribution in [0.5, 0.6) is 5.88 Å². The molecule has 0 saturated carbocycles. The van der Waals surface area contributed by atoms with Crippen LogP contribution in [0.1, 0.15) is 38.2 Å². The third-order valence-electron chi connectivity index (χ3n) is 5.53. The molecule has 1 aliphatic rings. The number of methoxy groups -OCH3 is 1. The van der Waals surface area contributed by atoms with Crippen LogP contribution in [-0.4, -0.2) is 61.1 Å². The van der Waals surface area contributed by atoms with E-state index in [1.165, 1.54) is 0 Å². The maximum atomic E-state index is 11.8. The van der Waals surface area contributed by atoms with Gasteiger partial charge in [-0.1, -0.05) is 6.58 Å². The smallest absolute Gasteiger partial charge is 0.213 e. The Labute approximate surface area is 203 Å². The molecule has 0 spiro atoms. The largest absolute Gasteiger partial charge is 0.492 e. The van der Waals surface area contributed by atoms with Crippen molar-refractivity contribution >= 4 is 24.8 Å². The summed E-state index contributed by atoms with van der Waals surface area (Å²) in [5.74, 6) is 3.01. The predicted molar refractivity (Wildman–Crippen MR) is 137 cm³/mol. The van der Waals surface area contributed by atoms with Crippen molar-refractivity contribution < 1.29 is 14.3 Å². The number of hydrogen-bond donors (Lipinski definition) is 2. The van der Waals surface area contributed by atoms with Crippen molar-refractivity contribution in [3.8, 4) is 5.88 Å². The molecule has 0 fully saturated rings. The maximum absolute atomic E-state index is 11.8. The van der Waals surface area contributed by atoms with E-state index in [0.717, 1.165) is 59.7 Å². The summed E-state index contributed by atoms with van der Waals surface area (Å²) in [4.78, 5) is 22.7. The number of nitrogens with zero attached hydrogens (tertiary/aromatic N) is 3. The van der Waals surface area contributed by atoms with Crippen molar-refractivity contribution in [3.05, 3.63) is 59.7 Å². The van der Waals surface area contributed by atoms with Crippen LogP contribution in [0.15, 0.2) is 59.1 Å². The molecule has 1 N–H and O–H groups in total. The number of amidine groups is 1. The lowest BCUT2D eigenvalue weighted by molar-refractivity contribution is -0.105. The van der Waals surface area contributed by atoms with Gasteiger partial charge in [0.2, 0.25) is 5.88 Å². The normalized spacial score (nSPS) is 17.0. The number of aldehydes is 1. The number of aromatic nitrogens is 1. The Morgan fingerprint density at radius 1 is 1.48 bits per heavy atom. The van der Waals surface area contributed by atoms with Gasteiger partial charge in [0.05, 0.1) is 13.7 Å². The minimum atomic E-state index is 0.233. The number of allylic oxidation sites excluding steroid dienone is 3. The second-order valence-electron chi connectivity index (χ2n) is 7.87. The Bertz CT molecular complexity index is 882. The first-order valence-corrected chi connectivity index (χ1v) is 11.9. The molecule has 1 unspecified atom stereocenters. The monoisotopic (exact) mass is 472 g/mol. The van der Waals surface area contributed by atoms with Crippen molar-refractivity contribution in [2.24, 2.45) is 4.99 Å². The highest BCUT2D eigenvalue weighted by molar-refractivity contribution is 7.80. The first-order valence-electron chi connectivity index (χ1n) is 11.2. The van der Waals surface area contributed by atoms with E-state index in [4.69, 9.17) is 14.5 Å². The van der Waals surface area contributed by atoms with E-state index >= 15 is 0 Å². The van der Waals surface area contributed by atoms with Crippen molar-refractivity contribution in [2.45, 2.75) is 45.2 Å². The number of thiol groups is 1. The van der Waals surface area contributed by atoms with Gasteiger partial charge in [0.25, 0.3) is 0 Å². The predicted octanol–water partition coefficient (Wildman–Crippen LogP) is 3.94. The summed E-state index contributed by atoms with van der Waals surface area (Å²) < 4.78 is 10.9. The fourth-order valence-electron chi connectivity index (χ4n) is 3.46. The lowest BCUT2D eigenvalue weighted by atomic mass is 9.92. The van der Waals surface area contributed by atoms with Gasteiger partial charge in [0.15, 0.2) is 0 Å². The third-order valence-corrected chi connectivity index (χ3v) is 5.79. The molecule has 2 rings (SSSR count). The molecule has 0 aliphatic heterocycles. The Balaban J connectivity index is 1.90. The number of rotatable bonds is 13. The molecular weight excluding hydrogens is 436 g/mol. The number of nitrogens with one attached hydrogen (secondary N) is 1. The fourth-order valence-corrected chi connectivity index (χ4v) is 3.59. The van der Waals surface area contributed by atoms with E-state index in [2.05, 4.69) is 29.5 Å². The van der Waals surface area contributed by atoms with Crippen LogP contribution in [0, 0.1) is 0 Å². The Morgan fingerprint density at radius 2 is 2.30 bits per heavy atom. The summed E-state index contributed by atoms with van der Waals surface area (Å²) in [6.45, 7) is 7.65. The zero-order valence-corrected chi connectivity index (χ0v) is 20.8. The topological polar surface area (TPSA) is 76.0 Å². The minimum absolute atomic E-state index is 0.233. The molecule has 7 nitrogen and oxygen atoms in total. The highest BCUT2D eigenvalue weighted by atomic mass is 32.1. The number of hydrogen-bond acceptors (Lipinski definition) is 7. The van der Waals surface area contributed by atoms with E-state index in [9.17, 15) is 4.79 Å². The average molecular weight is 473 g/mol. The summed E-state index contributed by atoms with van der Waals surface area (Å²) in [6.07, 6.45) is 9.59. The van der Waals surface area contributed by atoms with Gasteiger partial charge in [-0.2, -0.15) is 12.6 Å². The molecule has 1 atom stereocenters. The number of carbonyl (C=O) groups excluding carboxylic acids is 1. The fraction of sp³-hybridized carbons (Fsp3) is 0.480. The van der Waals surface area contributed by atoms with Crippen LogP contribution in [0.2, 0.25) is 0 Å². The van der Waals surface area contributed by atoms with Crippen LogP contribution in [-0.2, 0) is 16.1 Å². The molecule has 0 bridgehead atoms. The summed E-state index contributed by atoms with van der Waals surface area (Å²) in [6, 6.07) is 4.11. The van der Waals surface area contributed by atoms with Gasteiger partial charge in [-0.05, 0) is 62.1 Å². The molecule has 0 radical (unpaired) electrons. The lowest BCUT2D eigenvalue weighted by Gasteiger charge is -2.26. The molecule has 1 aliphatic carbocycles. The molecular formula is C25H36N4O3S. The van der Waals surface area contributed by atoms with Gasteiger partial charge in [-0.15, -0.1) is 0 Å². The number of likely N-dealkylation sites (N-methyl/N-ethyl adjacent to an activating group) is 1. The minimum Gasteiger partial charge on any atom is -0.492 e. The number of pyridine rings is 1. The highest BCUT2D eigenvalue weighted by Crippen LogP contribution is 2.25. The lowest BCUT2D eigenvalue weighted by Crippen LogP contribution is -2.32. The summed E-state index contributed by atoms with van der Waals surface area (Å²) >= 11 is 4.21. The molecule has 1 aromatic heterocycles. The number of carbonyl (C=O) groups is 1. The van der Waals surface area contributed by atoms with E-state index in [1.54, 1.807) is 19.4 Å². The van der Waals surface area contributed by atoms with Crippen LogP contribution >= 0.6 is 12.6 Å². The molecule has 180 valence electrons. The number of aliphatic imine (C=N–C) groups is 1. The van der Waals surface area contributed by atoms with Gasteiger partial charge in [-0.25, -0.2) is 9.98 Å². The van der Waals surface area contributed by atoms with E-state index in [-0.39, 0.29) is 6.04 Å². The molecule has 1 heterocycles. The SMILES string of the molecule is C=C/C(=C/CCS)OCCN(C)C(C)=NC1=C(C=O)CC(NCc2ccnc(OC)c2)CC1. The van der Waals surface area contributed by atoms with Crippen molar-refractivity contribution in [1.82, 2.24) is 15.2 Å². The molecule has 0 saturated heterocycles. The van der Waals surface area contributed by atoms with Crippen LogP contribution in [0.3, 0.4) is 0 Å². The van der Waals surface area contributed by atoms with Crippen molar-refractivity contribution in [2.75, 3.05) is 33.1 Å². The molecule has 33 heavy (non-hydrogen) atoms. The standard InChI is InChI=1S/C25H36N4O3S/c1-5-23(7-6-14-33)32-13-12-29(3)19(2)28-24-9-8-22(16-21(24)18-30)27-17-20-10-11-26-25(15-20)31-4/h5,7,10-11,15,18,22,27,33H,1,6,8-9,12-14,16-17H2,2-4H3/b23-7-,28-19?. The van der Waals surface area contributed by atoms with Crippen LogP contribution < -0.4 is 10.1 Å². The zero-order chi connectivity index (χ0) is 24.1. The van der Waals surface area contributed by atoms with Gasteiger partial charge >= 0.3 is 0 Å². The quantitative estimate of drug-likeness (QED) is 0.113. The second kappa shape index (κ2) is 14.5. The summed E-state index contributed by atoms with van der Waals surface area (Å²) in [7, 11) is 3.58. The molecule has 0 aromatic carbocycles. The van der Waals surface area contributed by atoms with Gasteiger partial charge in [0.1, 0.15) is 24.5 Å². The summed E-state index contributed by atoms with van der Waals surface area (Å²) in [5.41, 5.74) is 2.74. The maximum Gasteiger partial charge on any atom is 0.213 e. The average Bonchev–Trinajstić information content (AvgIpc) is 2.85. The van der Waals surface area contributed by atoms with E-state index in [1.807, 2.05) is 37.1 Å². The molecule has 1 aromatic rings. The van der Waals surface area contributed by atoms with Crippen LogP contribution in [0.4, 0.5) is 0 Å². The van der Waals surface area contributed by atoms with Gasteiger partial charge < -0.3 is 19.7 Å². The van der Waals surface area contributed by atoms with Gasteiger partial charge in [-0.3, -0.25) is 4.79 Å². The Hall–Kier alpha value is -2.58. The number of ether oxygens (including phenoxy) is 2. The summed E-state index contributed by atoms with van der Waals surface area (Å²) in [5, 5.41) is 3.54.